The largest absolute Gasteiger partial charge is 0.469 e. The first-order valence-corrected chi connectivity index (χ1v) is 15.4. The summed E-state index contributed by atoms with van der Waals surface area (Å²) in [6, 6.07) is 21.3. The highest BCUT2D eigenvalue weighted by Gasteiger charge is 2.53. The fourth-order valence-electron chi connectivity index (χ4n) is 6.17. The van der Waals surface area contributed by atoms with Crippen LogP contribution < -0.4 is 10.4 Å². The molecule has 0 saturated carbocycles. The molecule has 0 amide bonds. The Kier molecular flexibility index (Phi) is 8.91. The molecule has 4 rings (SSSR count). The van der Waals surface area contributed by atoms with Crippen molar-refractivity contribution in [2.45, 2.75) is 88.2 Å². The predicted molar refractivity (Wildman–Crippen MR) is 147 cm³/mol. The SMILES string of the molecule is COC(=O)CC[C@H]1CC2(CO)O[C@@H](CCO[Si](c3ccccc3)(c3ccccc3)C(C)(C)C)CC[C@@H]2O1. The molecule has 2 aromatic carbocycles. The molecule has 1 N–H and O–H groups in total. The molecule has 2 aliphatic heterocycles. The first-order chi connectivity index (χ1) is 17.7. The Morgan fingerprint density at radius 2 is 1.62 bits per heavy atom. The molecule has 2 saturated heterocycles. The molecule has 2 fully saturated rings. The van der Waals surface area contributed by atoms with Crippen molar-refractivity contribution < 1.29 is 28.5 Å². The molecule has 0 spiro atoms. The van der Waals surface area contributed by atoms with E-state index in [1.54, 1.807) is 0 Å². The number of esters is 1. The van der Waals surface area contributed by atoms with Crippen LogP contribution in [0.5, 0.6) is 0 Å². The molecule has 0 aliphatic carbocycles. The fraction of sp³-hybridized carbons (Fsp3) is 0.567. The van der Waals surface area contributed by atoms with E-state index in [-0.39, 0.29) is 35.9 Å². The average Bonchev–Trinajstić information content (AvgIpc) is 3.28. The van der Waals surface area contributed by atoms with Gasteiger partial charge in [-0.1, -0.05) is 81.4 Å². The van der Waals surface area contributed by atoms with Gasteiger partial charge in [0.25, 0.3) is 8.32 Å². The Hall–Kier alpha value is -2.03. The summed E-state index contributed by atoms with van der Waals surface area (Å²) in [6.45, 7) is 7.35. The Labute approximate surface area is 222 Å². The second-order valence-electron chi connectivity index (χ2n) is 11.4. The molecule has 37 heavy (non-hydrogen) atoms. The number of methoxy groups -OCH3 is 1. The van der Waals surface area contributed by atoms with Gasteiger partial charge < -0.3 is 23.7 Å². The monoisotopic (exact) mass is 526 g/mol. The Morgan fingerprint density at radius 1 is 1.00 bits per heavy atom. The lowest BCUT2D eigenvalue weighted by atomic mass is 9.86. The minimum Gasteiger partial charge on any atom is -0.469 e. The van der Waals surface area contributed by atoms with Crippen LogP contribution in [0.2, 0.25) is 5.04 Å². The number of benzene rings is 2. The van der Waals surface area contributed by atoms with Gasteiger partial charge in [0.1, 0.15) is 5.60 Å². The van der Waals surface area contributed by atoms with Crippen molar-refractivity contribution in [2.24, 2.45) is 0 Å². The summed E-state index contributed by atoms with van der Waals surface area (Å²) in [5.41, 5.74) is -0.707. The zero-order chi connectivity index (χ0) is 26.5. The number of aliphatic hydroxyl groups is 1. The number of hydrogen-bond acceptors (Lipinski definition) is 6. The number of ether oxygens (including phenoxy) is 3. The summed E-state index contributed by atoms with van der Waals surface area (Å²) in [5.74, 6) is -0.240. The van der Waals surface area contributed by atoms with E-state index >= 15 is 0 Å². The Bertz CT molecular complexity index is 968. The average molecular weight is 527 g/mol. The topological polar surface area (TPSA) is 74.2 Å². The van der Waals surface area contributed by atoms with E-state index in [1.807, 2.05) is 0 Å². The van der Waals surface area contributed by atoms with E-state index in [9.17, 15) is 9.90 Å². The number of hydrogen-bond donors (Lipinski definition) is 1. The van der Waals surface area contributed by atoms with Crippen LogP contribution >= 0.6 is 0 Å². The number of rotatable bonds is 10. The molecule has 0 aromatic heterocycles. The summed E-state index contributed by atoms with van der Waals surface area (Å²) >= 11 is 0. The van der Waals surface area contributed by atoms with E-state index in [0.717, 1.165) is 19.3 Å². The minimum absolute atomic E-state index is 0.00966. The van der Waals surface area contributed by atoms with Gasteiger partial charge in [-0.15, -0.1) is 0 Å². The molecule has 7 heteroatoms. The summed E-state index contributed by atoms with van der Waals surface area (Å²) in [6.07, 6.45) is 3.67. The molecule has 2 aliphatic rings. The molecule has 202 valence electrons. The summed E-state index contributed by atoms with van der Waals surface area (Å²) < 4.78 is 24.6. The van der Waals surface area contributed by atoms with Crippen molar-refractivity contribution in [3.8, 4) is 0 Å². The first-order valence-electron chi connectivity index (χ1n) is 13.5. The van der Waals surface area contributed by atoms with Gasteiger partial charge >= 0.3 is 5.97 Å². The molecule has 0 radical (unpaired) electrons. The van der Waals surface area contributed by atoms with E-state index in [2.05, 4.69) is 81.4 Å². The molecule has 1 unspecified atom stereocenters. The van der Waals surface area contributed by atoms with Crippen molar-refractivity contribution in [2.75, 3.05) is 20.3 Å². The van der Waals surface area contributed by atoms with Crippen LogP contribution in [-0.4, -0.2) is 63.6 Å². The molecular weight excluding hydrogens is 484 g/mol. The van der Waals surface area contributed by atoms with Crippen LogP contribution in [0.3, 0.4) is 0 Å². The van der Waals surface area contributed by atoms with Crippen LogP contribution in [0, 0.1) is 0 Å². The Balaban J connectivity index is 1.47. The van der Waals surface area contributed by atoms with Crippen molar-refractivity contribution in [3.05, 3.63) is 60.7 Å². The van der Waals surface area contributed by atoms with Crippen LogP contribution in [0.15, 0.2) is 60.7 Å². The first kappa shape index (κ1) is 28.0. The number of carbonyl (C=O) groups is 1. The third-order valence-corrected chi connectivity index (χ3v) is 13.1. The summed E-state index contributed by atoms with van der Waals surface area (Å²) in [5, 5.41) is 12.8. The van der Waals surface area contributed by atoms with Crippen molar-refractivity contribution in [1.82, 2.24) is 0 Å². The van der Waals surface area contributed by atoms with E-state index in [1.165, 1.54) is 17.5 Å². The van der Waals surface area contributed by atoms with Gasteiger partial charge in [-0.2, -0.15) is 0 Å². The number of fused-ring (bicyclic) bond motifs is 1. The zero-order valence-electron chi connectivity index (χ0n) is 22.7. The standard InChI is InChI=1S/C30H42O6Si/c1-29(2,3)37(25-11-7-5-8-12-25,26-13-9-6-10-14-26)34-20-19-23-15-17-27-30(22-31,36-23)21-24(35-27)16-18-28(32)33-4/h5-14,23-24,27,31H,15-22H2,1-4H3/t23-,24+,27+,30?/m1/s1. The fourth-order valence-corrected chi connectivity index (χ4v) is 10.7. The van der Waals surface area contributed by atoms with Crippen molar-refractivity contribution in [3.63, 3.8) is 0 Å². The second kappa shape index (κ2) is 11.8. The summed E-state index contributed by atoms with van der Waals surface area (Å²) in [4.78, 5) is 11.6. The van der Waals surface area contributed by atoms with Gasteiger partial charge in [0.05, 0.1) is 32.0 Å². The van der Waals surface area contributed by atoms with Gasteiger partial charge in [0.2, 0.25) is 0 Å². The normalized spacial score (nSPS) is 26.0. The number of aliphatic hydroxyl groups excluding tert-OH is 1. The molecule has 2 aromatic rings. The van der Waals surface area contributed by atoms with Crippen LogP contribution in [0.25, 0.3) is 0 Å². The minimum atomic E-state index is -2.60. The van der Waals surface area contributed by atoms with Gasteiger partial charge in [0, 0.05) is 19.4 Å². The third-order valence-electron chi connectivity index (χ3n) is 8.01. The number of carbonyl (C=O) groups excluding carboxylic acids is 1. The van der Waals surface area contributed by atoms with E-state index < -0.39 is 13.9 Å². The molecule has 4 atom stereocenters. The summed E-state index contributed by atoms with van der Waals surface area (Å²) in [7, 11) is -1.20. The van der Waals surface area contributed by atoms with E-state index in [0.29, 0.717) is 25.9 Å². The van der Waals surface area contributed by atoms with Gasteiger partial charge in [-0.3, -0.25) is 4.79 Å². The quantitative estimate of drug-likeness (QED) is 0.373. The molecular formula is C30H42O6Si. The highest BCUT2D eigenvalue weighted by atomic mass is 28.4. The lowest BCUT2D eigenvalue weighted by Crippen LogP contribution is -2.66. The maximum atomic E-state index is 11.6. The molecule has 0 bridgehead atoms. The van der Waals surface area contributed by atoms with Crippen LogP contribution in [0.4, 0.5) is 0 Å². The highest BCUT2D eigenvalue weighted by Crippen LogP contribution is 2.43. The molecule has 2 heterocycles. The van der Waals surface area contributed by atoms with E-state index in [4.69, 9.17) is 18.6 Å². The Morgan fingerprint density at radius 3 is 2.16 bits per heavy atom. The van der Waals surface area contributed by atoms with Gasteiger partial charge in [-0.05, 0) is 41.1 Å². The maximum Gasteiger partial charge on any atom is 0.305 e. The predicted octanol–water partition coefficient (Wildman–Crippen LogP) is 3.97. The van der Waals surface area contributed by atoms with Crippen LogP contribution in [-0.2, 0) is 23.4 Å². The lowest BCUT2D eigenvalue weighted by Gasteiger charge is -2.44. The zero-order valence-corrected chi connectivity index (χ0v) is 23.7. The maximum absolute atomic E-state index is 11.6. The smallest absolute Gasteiger partial charge is 0.305 e. The van der Waals surface area contributed by atoms with Crippen LogP contribution in [0.1, 0.15) is 59.3 Å². The van der Waals surface area contributed by atoms with Crippen molar-refractivity contribution in [1.29, 1.82) is 0 Å². The van der Waals surface area contributed by atoms with Gasteiger partial charge in [-0.25, -0.2) is 0 Å². The molecule has 6 nitrogen and oxygen atoms in total. The highest BCUT2D eigenvalue weighted by molar-refractivity contribution is 6.99. The lowest BCUT2D eigenvalue weighted by molar-refractivity contribution is -0.185. The third kappa shape index (κ3) is 5.86. The van der Waals surface area contributed by atoms with Crippen molar-refractivity contribution >= 4 is 24.7 Å². The van der Waals surface area contributed by atoms with Gasteiger partial charge in [0.15, 0.2) is 0 Å². The second-order valence-corrected chi connectivity index (χ2v) is 15.7.